The molecule has 18 heavy (non-hydrogen) atoms. The third kappa shape index (κ3) is 1.62. The van der Waals surface area contributed by atoms with Crippen LogP contribution >= 0.6 is 0 Å². The molecule has 2 aromatic heterocycles. The van der Waals surface area contributed by atoms with Crippen molar-refractivity contribution in [1.82, 2.24) is 14.4 Å². The van der Waals surface area contributed by atoms with Crippen LogP contribution in [-0.2, 0) is 0 Å². The van der Waals surface area contributed by atoms with E-state index in [0.717, 1.165) is 11.1 Å². The van der Waals surface area contributed by atoms with Gasteiger partial charge in [0.05, 0.1) is 6.20 Å². The van der Waals surface area contributed by atoms with Gasteiger partial charge in [0.15, 0.2) is 5.69 Å². The summed E-state index contributed by atoms with van der Waals surface area (Å²) in [4.78, 5) is 19.1. The lowest BCUT2D eigenvalue weighted by molar-refractivity contribution is 0.0689. The zero-order chi connectivity index (χ0) is 12.5. The van der Waals surface area contributed by atoms with Crippen molar-refractivity contribution in [3.05, 3.63) is 54.6 Å². The summed E-state index contributed by atoms with van der Waals surface area (Å²) in [6.45, 7) is 0. The second kappa shape index (κ2) is 3.96. The molecule has 0 bridgehead atoms. The quantitative estimate of drug-likeness (QED) is 0.743. The first-order valence-electron chi connectivity index (χ1n) is 5.37. The summed E-state index contributed by atoms with van der Waals surface area (Å²) in [5, 5.41) is 9.04. The zero-order valence-corrected chi connectivity index (χ0v) is 9.32. The van der Waals surface area contributed by atoms with Crippen LogP contribution in [-0.4, -0.2) is 25.4 Å². The number of hydrogen-bond donors (Lipinski definition) is 1. The highest BCUT2D eigenvalue weighted by atomic mass is 16.4. The van der Waals surface area contributed by atoms with Crippen molar-refractivity contribution < 1.29 is 9.90 Å². The van der Waals surface area contributed by atoms with Crippen LogP contribution in [0.2, 0.25) is 0 Å². The molecule has 0 fully saturated rings. The Morgan fingerprint density at radius 2 is 1.78 bits per heavy atom. The predicted octanol–water partition coefficient (Wildman–Crippen LogP) is 2.09. The molecule has 0 spiro atoms. The average molecular weight is 239 g/mol. The first kappa shape index (κ1) is 10.5. The van der Waals surface area contributed by atoms with Crippen molar-refractivity contribution in [2.75, 3.05) is 0 Å². The molecule has 0 saturated carbocycles. The van der Waals surface area contributed by atoms with Crippen LogP contribution in [0.3, 0.4) is 0 Å². The third-order valence-corrected chi connectivity index (χ3v) is 2.69. The minimum Gasteiger partial charge on any atom is -0.477 e. The van der Waals surface area contributed by atoms with Gasteiger partial charge in [-0.25, -0.2) is 14.8 Å². The molecule has 1 aromatic carbocycles. The number of benzene rings is 1. The zero-order valence-electron chi connectivity index (χ0n) is 9.32. The average Bonchev–Trinajstić information content (AvgIpc) is 2.82. The van der Waals surface area contributed by atoms with E-state index in [-0.39, 0.29) is 5.69 Å². The molecule has 0 atom stereocenters. The molecule has 0 aliphatic carbocycles. The molecule has 0 unspecified atom stereocenters. The number of carboxylic acid groups (broad SMARTS) is 1. The van der Waals surface area contributed by atoms with Gasteiger partial charge in [0.25, 0.3) is 0 Å². The highest BCUT2D eigenvalue weighted by Gasteiger charge is 2.11. The van der Waals surface area contributed by atoms with Gasteiger partial charge >= 0.3 is 5.97 Å². The van der Waals surface area contributed by atoms with Gasteiger partial charge in [-0.2, -0.15) is 0 Å². The first-order valence-corrected chi connectivity index (χ1v) is 5.37. The van der Waals surface area contributed by atoms with E-state index in [1.807, 2.05) is 30.3 Å². The van der Waals surface area contributed by atoms with Gasteiger partial charge < -0.3 is 5.11 Å². The molecule has 3 rings (SSSR count). The summed E-state index contributed by atoms with van der Waals surface area (Å²) in [6.07, 6.45) is 4.72. The van der Waals surface area contributed by atoms with Crippen LogP contribution in [0.1, 0.15) is 10.5 Å². The molecule has 5 nitrogen and oxygen atoms in total. The van der Waals surface area contributed by atoms with E-state index in [4.69, 9.17) is 5.11 Å². The monoisotopic (exact) mass is 239 g/mol. The molecular formula is C13H9N3O2. The lowest BCUT2D eigenvalue weighted by Gasteiger charge is -2.02. The fourth-order valence-electron chi connectivity index (χ4n) is 1.81. The molecule has 3 aromatic rings. The molecule has 1 N–H and O–H groups in total. The van der Waals surface area contributed by atoms with E-state index in [0.29, 0.717) is 5.78 Å². The summed E-state index contributed by atoms with van der Waals surface area (Å²) in [5.74, 6) is -0.637. The highest BCUT2D eigenvalue weighted by Crippen LogP contribution is 2.18. The fourth-order valence-corrected chi connectivity index (χ4v) is 1.81. The number of aromatic carboxylic acids is 1. The predicted molar refractivity (Wildman–Crippen MR) is 65.4 cm³/mol. The van der Waals surface area contributed by atoms with E-state index in [9.17, 15) is 4.79 Å². The molecule has 5 heteroatoms. The Hall–Kier alpha value is -2.69. The number of carbonyl (C=O) groups is 1. The van der Waals surface area contributed by atoms with Crippen LogP contribution in [0.15, 0.2) is 48.9 Å². The van der Waals surface area contributed by atoms with Gasteiger partial charge in [0.2, 0.25) is 5.78 Å². The van der Waals surface area contributed by atoms with Crippen molar-refractivity contribution >= 4 is 11.7 Å². The van der Waals surface area contributed by atoms with Gasteiger partial charge in [-0.3, -0.25) is 4.40 Å². The molecular weight excluding hydrogens is 230 g/mol. The van der Waals surface area contributed by atoms with Gasteiger partial charge in [0.1, 0.15) is 0 Å². The summed E-state index contributed by atoms with van der Waals surface area (Å²) in [7, 11) is 0. The van der Waals surface area contributed by atoms with Crippen molar-refractivity contribution in [1.29, 1.82) is 0 Å². The Morgan fingerprint density at radius 3 is 2.50 bits per heavy atom. The lowest BCUT2D eigenvalue weighted by atomic mass is 10.1. The fraction of sp³-hybridized carbons (Fsp3) is 0. The lowest BCUT2D eigenvalue weighted by Crippen LogP contribution is -2.02. The number of carboxylic acids is 1. The number of fused-ring (bicyclic) bond motifs is 1. The summed E-state index contributed by atoms with van der Waals surface area (Å²) < 4.78 is 1.48. The second-order valence-electron chi connectivity index (χ2n) is 3.83. The van der Waals surface area contributed by atoms with Crippen LogP contribution in [0.5, 0.6) is 0 Å². The largest absolute Gasteiger partial charge is 0.477 e. The SMILES string of the molecule is O=C(O)c1cnc2ncc(-c3ccccc3)cn12. The molecule has 0 saturated heterocycles. The van der Waals surface area contributed by atoms with Crippen molar-refractivity contribution in [2.24, 2.45) is 0 Å². The van der Waals surface area contributed by atoms with E-state index >= 15 is 0 Å². The smallest absolute Gasteiger partial charge is 0.354 e. The molecule has 88 valence electrons. The van der Waals surface area contributed by atoms with E-state index < -0.39 is 5.97 Å². The summed E-state index contributed by atoms with van der Waals surface area (Å²) >= 11 is 0. The van der Waals surface area contributed by atoms with E-state index in [1.165, 1.54) is 10.6 Å². The van der Waals surface area contributed by atoms with Crippen LogP contribution in [0.4, 0.5) is 0 Å². The normalized spacial score (nSPS) is 10.7. The topological polar surface area (TPSA) is 67.5 Å². The van der Waals surface area contributed by atoms with Crippen LogP contribution in [0.25, 0.3) is 16.9 Å². The number of nitrogens with zero attached hydrogens (tertiary/aromatic N) is 3. The van der Waals surface area contributed by atoms with E-state index in [2.05, 4.69) is 9.97 Å². The van der Waals surface area contributed by atoms with Gasteiger partial charge in [-0.1, -0.05) is 30.3 Å². The maximum Gasteiger partial charge on any atom is 0.354 e. The third-order valence-electron chi connectivity index (χ3n) is 2.69. The standard InChI is InChI=1S/C13H9N3O2/c17-12(18)11-7-15-13-14-6-10(8-16(11)13)9-4-2-1-3-5-9/h1-8H,(H,17,18). The number of imidazole rings is 1. The first-order chi connectivity index (χ1) is 8.75. The Kier molecular flexibility index (Phi) is 2.30. The minimum atomic E-state index is -1.02. The number of aromatic nitrogens is 3. The van der Waals surface area contributed by atoms with Crippen LogP contribution < -0.4 is 0 Å². The molecule has 0 aliphatic heterocycles. The minimum absolute atomic E-state index is 0.107. The van der Waals surface area contributed by atoms with Gasteiger partial charge in [-0.05, 0) is 5.56 Å². The number of hydrogen-bond acceptors (Lipinski definition) is 3. The Bertz CT molecular complexity index is 719. The maximum atomic E-state index is 11.0. The van der Waals surface area contributed by atoms with Gasteiger partial charge in [-0.15, -0.1) is 0 Å². The Morgan fingerprint density at radius 1 is 1.06 bits per heavy atom. The van der Waals surface area contributed by atoms with Crippen LogP contribution in [0, 0.1) is 0 Å². The molecule has 0 aliphatic rings. The van der Waals surface area contributed by atoms with Crippen molar-refractivity contribution in [3.8, 4) is 11.1 Å². The molecule has 0 radical (unpaired) electrons. The Balaban J connectivity index is 2.21. The molecule has 0 amide bonds. The van der Waals surface area contributed by atoms with Crippen molar-refractivity contribution in [2.45, 2.75) is 0 Å². The molecule has 2 heterocycles. The number of rotatable bonds is 2. The van der Waals surface area contributed by atoms with Gasteiger partial charge in [0, 0.05) is 18.0 Å². The Labute approximate surface area is 102 Å². The second-order valence-corrected chi connectivity index (χ2v) is 3.83. The van der Waals surface area contributed by atoms with Crippen molar-refractivity contribution in [3.63, 3.8) is 0 Å². The maximum absolute atomic E-state index is 11.0. The summed E-state index contributed by atoms with van der Waals surface area (Å²) in [6, 6.07) is 9.66. The van der Waals surface area contributed by atoms with E-state index in [1.54, 1.807) is 12.4 Å². The highest BCUT2D eigenvalue weighted by molar-refractivity contribution is 5.86. The summed E-state index contributed by atoms with van der Waals surface area (Å²) in [5.41, 5.74) is 1.94.